The summed E-state index contributed by atoms with van der Waals surface area (Å²) in [6.45, 7) is 6.36. The first-order valence-electron chi connectivity index (χ1n) is 8.27. The third-order valence-corrected chi connectivity index (χ3v) is 8.82. The average molecular weight is 422 g/mol. The number of non-ortho nitro benzene ring substituents is 1. The van der Waals surface area contributed by atoms with Crippen LogP contribution in [0, 0.1) is 15.9 Å². The first kappa shape index (κ1) is 21.9. The van der Waals surface area contributed by atoms with Gasteiger partial charge >= 0.3 is 0 Å². The predicted octanol–water partition coefficient (Wildman–Crippen LogP) is 1.86. The molecule has 0 spiro atoms. The second-order valence-corrected chi connectivity index (χ2v) is 12.4. The first-order chi connectivity index (χ1) is 12.1. The van der Waals surface area contributed by atoms with Crippen LogP contribution in [0.15, 0.2) is 18.2 Å². The normalized spacial score (nSPS) is 19.9. The van der Waals surface area contributed by atoms with E-state index in [2.05, 4.69) is 4.72 Å². The van der Waals surface area contributed by atoms with E-state index in [0.29, 0.717) is 0 Å². The maximum absolute atomic E-state index is 14.6. The molecule has 1 saturated carbocycles. The Morgan fingerprint density at radius 2 is 1.89 bits per heavy atom. The molecule has 1 aliphatic carbocycles. The number of sulfone groups is 1. The molecular formula is C16H24FN3O5S2. The Hall–Kier alpha value is -1.43. The molecule has 11 heteroatoms. The summed E-state index contributed by atoms with van der Waals surface area (Å²) in [5.74, 6) is -1.48. The van der Waals surface area contributed by atoms with Crippen molar-refractivity contribution in [1.29, 1.82) is 0 Å². The molecule has 1 aromatic rings. The minimum absolute atomic E-state index is 0.248. The minimum Gasteiger partial charge on any atom is -0.313 e. The molecule has 0 aliphatic heterocycles. The van der Waals surface area contributed by atoms with E-state index >= 15 is 0 Å². The molecule has 3 N–H and O–H groups in total. The van der Waals surface area contributed by atoms with Crippen LogP contribution >= 0.6 is 0 Å². The Morgan fingerprint density at radius 1 is 1.33 bits per heavy atom. The van der Waals surface area contributed by atoms with E-state index < -0.39 is 58.2 Å². The number of rotatable bonds is 7. The number of hydrogen-bond acceptors (Lipinski definition) is 6. The minimum atomic E-state index is -3.89. The summed E-state index contributed by atoms with van der Waals surface area (Å²) < 4.78 is 54.6. The van der Waals surface area contributed by atoms with Gasteiger partial charge in [-0.1, -0.05) is 0 Å². The van der Waals surface area contributed by atoms with Gasteiger partial charge in [-0.05, 0) is 46.6 Å². The van der Waals surface area contributed by atoms with Crippen LogP contribution in [0.1, 0.15) is 46.1 Å². The van der Waals surface area contributed by atoms with Crippen molar-refractivity contribution in [1.82, 2.24) is 4.72 Å². The highest BCUT2D eigenvalue weighted by atomic mass is 32.2. The predicted molar refractivity (Wildman–Crippen MR) is 101 cm³/mol. The van der Waals surface area contributed by atoms with Gasteiger partial charge in [-0.2, -0.15) is 0 Å². The average Bonchev–Trinajstić information content (AvgIpc) is 3.25. The van der Waals surface area contributed by atoms with Crippen LogP contribution in [0.5, 0.6) is 0 Å². The van der Waals surface area contributed by atoms with Crippen molar-refractivity contribution in [3.05, 3.63) is 39.7 Å². The molecule has 1 fully saturated rings. The molecule has 0 radical (unpaired) electrons. The third-order valence-electron chi connectivity index (χ3n) is 4.47. The van der Waals surface area contributed by atoms with Crippen LogP contribution in [0.2, 0.25) is 0 Å². The van der Waals surface area contributed by atoms with Crippen molar-refractivity contribution >= 4 is 26.5 Å². The van der Waals surface area contributed by atoms with Gasteiger partial charge < -0.3 is 5.73 Å². The summed E-state index contributed by atoms with van der Waals surface area (Å²) in [5.41, 5.74) is 3.53. The number of nitro groups is 1. The Labute approximate surface area is 160 Å². The van der Waals surface area contributed by atoms with E-state index in [1.165, 1.54) is 6.92 Å². The Bertz CT molecular complexity index is 894. The zero-order chi connectivity index (χ0) is 20.8. The van der Waals surface area contributed by atoms with Crippen molar-refractivity contribution in [3.63, 3.8) is 0 Å². The van der Waals surface area contributed by atoms with Crippen molar-refractivity contribution in [3.8, 4) is 0 Å². The second-order valence-electron chi connectivity index (χ2n) is 8.06. The Balaban J connectivity index is 2.58. The Kier molecular flexibility index (Phi) is 5.56. The quantitative estimate of drug-likeness (QED) is 0.510. The van der Waals surface area contributed by atoms with Gasteiger partial charge in [0.25, 0.3) is 5.69 Å². The fourth-order valence-corrected chi connectivity index (χ4v) is 5.52. The largest absolute Gasteiger partial charge is 0.313 e. The number of benzene rings is 1. The van der Waals surface area contributed by atoms with Gasteiger partial charge in [0.1, 0.15) is 10.7 Å². The summed E-state index contributed by atoms with van der Waals surface area (Å²) in [6, 6.07) is 2.85. The fourth-order valence-electron chi connectivity index (χ4n) is 2.53. The molecule has 0 unspecified atom stereocenters. The van der Waals surface area contributed by atoms with Crippen LogP contribution in [-0.2, 0) is 26.4 Å². The van der Waals surface area contributed by atoms with Crippen molar-refractivity contribution < 1.29 is 21.9 Å². The second kappa shape index (κ2) is 6.87. The number of nitro benzene ring substituents is 1. The molecule has 1 aliphatic rings. The molecule has 0 saturated heterocycles. The third kappa shape index (κ3) is 4.53. The maximum atomic E-state index is 14.6. The molecule has 0 amide bonds. The lowest BCUT2D eigenvalue weighted by molar-refractivity contribution is -0.385. The maximum Gasteiger partial charge on any atom is 0.269 e. The molecule has 0 heterocycles. The monoisotopic (exact) mass is 421 g/mol. The van der Waals surface area contributed by atoms with Crippen molar-refractivity contribution in [2.24, 2.45) is 5.73 Å². The van der Waals surface area contributed by atoms with Crippen LogP contribution in [0.25, 0.3) is 0 Å². The molecule has 0 aromatic heterocycles. The standard InChI is InChI=1S/C16H24FN3O5S2/c1-14(2,3)26(23)19-15(4,10-27(24,25)16(18)7-8-16)12-9-11(20(21)22)5-6-13(12)17/h5-6,9,19H,7-8,10,18H2,1-4H3/t15-,26+/m1/s1. The van der Waals surface area contributed by atoms with Crippen molar-refractivity contribution in [2.75, 3.05) is 5.75 Å². The number of halogens is 1. The van der Waals surface area contributed by atoms with Crippen LogP contribution in [0.3, 0.4) is 0 Å². The van der Waals surface area contributed by atoms with Crippen LogP contribution in [0.4, 0.5) is 10.1 Å². The van der Waals surface area contributed by atoms with E-state index in [9.17, 15) is 27.1 Å². The lowest BCUT2D eigenvalue weighted by Gasteiger charge is -2.34. The number of nitrogens with zero attached hydrogens (tertiary/aromatic N) is 1. The fraction of sp³-hybridized carbons (Fsp3) is 0.625. The van der Waals surface area contributed by atoms with Gasteiger partial charge in [-0.15, -0.1) is 0 Å². The molecule has 2 rings (SSSR count). The molecule has 8 nitrogen and oxygen atoms in total. The van der Waals surface area contributed by atoms with E-state index in [-0.39, 0.29) is 18.4 Å². The molecule has 0 bridgehead atoms. The lowest BCUT2D eigenvalue weighted by atomic mass is 9.94. The highest BCUT2D eigenvalue weighted by molar-refractivity contribution is 7.93. The van der Waals surface area contributed by atoms with E-state index in [0.717, 1.165) is 18.2 Å². The van der Waals surface area contributed by atoms with E-state index in [1.807, 2.05) is 0 Å². The summed E-state index contributed by atoms with van der Waals surface area (Å²) in [6.07, 6.45) is 0.566. The van der Waals surface area contributed by atoms with Crippen molar-refractivity contribution in [2.45, 2.75) is 55.7 Å². The first-order valence-corrected chi connectivity index (χ1v) is 11.1. The van der Waals surface area contributed by atoms with Gasteiger partial charge in [0.2, 0.25) is 0 Å². The highest BCUT2D eigenvalue weighted by Gasteiger charge is 2.54. The zero-order valence-corrected chi connectivity index (χ0v) is 17.2. The summed E-state index contributed by atoms with van der Waals surface area (Å²) >= 11 is 0. The van der Waals surface area contributed by atoms with Gasteiger partial charge in [0.05, 0.1) is 31.9 Å². The molecule has 1 aromatic carbocycles. The van der Waals surface area contributed by atoms with E-state index in [1.54, 1.807) is 20.8 Å². The smallest absolute Gasteiger partial charge is 0.269 e. The topological polar surface area (TPSA) is 132 Å². The van der Waals surface area contributed by atoms with Gasteiger partial charge in [-0.25, -0.2) is 21.7 Å². The number of nitrogens with one attached hydrogen (secondary N) is 1. The zero-order valence-electron chi connectivity index (χ0n) is 15.6. The highest BCUT2D eigenvalue weighted by Crippen LogP contribution is 2.41. The van der Waals surface area contributed by atoms with E-state index in [4.69, 9.17) is 5.73 Å². The van der Waals surface area contributed by atoms with Gasteiger partial charge in [-0.3, -0.25) is 10.1 Å². The molecule has 2 atom stereocenters. The molecular weight excluding hydrogens is 397 g/mol. The van der Waals surface area contributed by atoms with Gasteiger partial charge in [0, 0.05) is 17.7 Å². The Morgan fingerprint density at radius 3 is 2.33 bits per heavy atom. The summed E-state index contributed by atoms with van der Waals surface area (Å²) in [5, 5.41) is 11.1. The summed E-state index contributed by atoms with van der Waals surface area (Å²) in [4.78, 5) is 8.99. The number of nitrogens with two attached hydrogens (primary N) is 1. The lowest BCUT2D eigenvalue weighted by Crippen LogP contribution is -2.53. The van der Waals surface area contributed by atoms with Crippen LogP contribution in [-0.4, -0.2) is 32.9 Å². The summed E-state index contributed by atoms with van der Waals surface area (Å²) in [7, 11) is -5.65. The molecule has 152 valence electrons. The molecule has 27 heavy (non-hydrogen) atoms. The van der Waals surface area contributed by atoms with Gasteiger partial charge in [0.15, 0.2) is 9.84 Å². The SMILES string of the molecule is CC(C)(C)[S@](=O)N[C@](C)(CS(=O)(=O)C1(N)CC1)c1cc([N+](=O)[O-])ccc1F. The van der Waals surface area contributed by atoms with Crippen LogP contribution < -0.4 is 10.5 Å². The number of hydrogen-bond donors (Lipinski definition) is 2.